The monoisotopic (exact) mass is 364 g/mol. The number of hydrogen-bond donors (Lipinski definition) is 0. The molecule has 26 heavy (non-hydrogen) atoms. The number of allylic oxidation sites excluding steroid dienone is 1. The first-order valence-electron chi connectivity index (χ1n) is 12.3. The highest BCUT2D eigenvalue weighted by Crippen LogP contribution is 2.28. The number of unbranched alkanes of at least 4 members (excludes halogenated alkanes) is 6. The summed E-state index contributed by atoms with van der Waals surface area (Å²) >= 11 is 0. The largest absolute Gasteiger partial charge is 0.103 e. The highest BCUT2D eigenvalue weighted by molar-refractivity contribution is 4.72. The number of rotatable bonds is 20. The van der Waals surface area contributed by atoms with Crippen LogP contribution in [0.2, 0.25) is 0 Å². The topological polar surface area (TPSA) is 0 Å². The molecule has 0 spiro atoms. The Morgan fingerprint density at radius 1 is 0.654 bits per heavy atom. The summed E-state index contributed by atoms with van der Waals surface area (Å²) in [6, 6.07) is 0. The molecule has 0 bridgehead atoms. The Bertz CT molecular complexity index is 280. The SMILES string of the molecule is C=CCCC(CC)CC(CCC)CCCCCCC(C)CCCCCC. The van der Waals surface area contributed by atoms with E-state index in [0.29, 0.717) is 0 Å². The van der Waals surface area contributed by atoms with Crippen LogP contribution in [0.1, 0.15) is 137 Å². The van der Waals surface area contributed by atoms with Crippen molar-refractivity contribution in [3.05, 3.63) is 12.7 Å². The Morgan fingerprint density at radius 2 is 1.27 bits per heavy atom. The van der Waals surface area contributed by atoms with E-state index in [1.807, 2.05) is 0 Å². The van der Waals surface area contributed by atoms with Gasteiger partial charge in [-0.25, -0.2) is 0 Å². The first-order valence-corrected chi connectivity index (χ1v) is 12.3. The van der Waals surface area contributed by atoms with Crippen molar-refractivity contribution in [3.8, 4) is 0 Å². The number of hydrogen-bond acceptors (Lipinski definition) is 0. The third kappa shape index (κ3) is 16.0. The van der Waals surface area contributed by atoms with E-state index >= 15 is 0 Å². The zero-order valence-corrected chi connectivity index (χ0v) is 19.0. The average Bonchev–Trinajstić information content (AvgIpc) is 2.64. The van der Waals surface area contributed by atoms with Gasteiger partial charge in [0.15, 0.2) is 0 Å². The van der Waals surface area contributed by atoms with E-state index in [2.05, 4.69) is 40.3 Å². The molecule has 0 amide bonds. The second-order valence-electron chi connectivity index (χ2n) is 8.98. The molecule has 0 nitrogen and oxygen atoms in total. The first-order chi connectivity index (χ1) is 12.7. The molecule has 3 unspecified atom stereocenters. The first kappa shape index (κ1) is 25.7. The van der Waals surface area contributed by atoms with Gasteiger partial charge in [0.2, 0.25) is 0 Å². The quantitative estimate of drug-likeness (QED) is 0.149. The molecular formula is C26H52. The van der Waals surface area contributed by atoms with E-state index in [1.54, 1.807) is 0 Å². The maximum Gasteiger partial charge on any atom is -0.0351 e. The molecule has 0 aromatic heterocycles. The Kier molecular flexibility index (Phi) is 19.3. The zero-order valence-electron chi connectivity index (χ0n) is 19.0. The van der Waals surface area contributed by atoms with E-state index in [0.717, 1.165) is 17.8 Å². The van der Waals surface area contributed by atoms with Crippen LogP contribution in [0, 0.1) is 17.8 Å². The van der Waals surface area contributed by atoms with Gasteiger partial charge >= 0.3 is 0 Å². The smallest absolute Gasteiger partial charge is 0.0351 e. The van der Waals surface area contributed by atoms with Crippen molar-refractivity contribution < 1.29 is 0 Å². The van der Waals surface area contributed by atoms with Gasteiger partial charge in [0.25, 0.3) is 0 Å². The molecule has 0 saturated carbocycles. The van der Waals surface area contributed by atoms with E-state index in [9.17, 15) is 0 Å². The van der Waals surface area contributed by atoms with E-state index in [4.69, 9.17) is 0 Å². The molecule has 3 atom stereocenters. The predicted molar refractivity (Wildman–Crippen MR) is 122 cm³/mol. The lowest BCUT2D eigenvalue weighted by Gasteiger charge is -2.22. The molecule has 0 rings (SSSR count). The Balaban J connectivity index is 3.77. The molecule has 0 heteroatoms. The Morgan fingerprint density at radius 3 is 1.81 bits per heavy atom. The van der Waals surface area contributed by atoms with Crippen molar-refractivity contribution in [1.29, 1.82) is 0 Å². The van der Waals surface area contributed by atoms with Crippen LogP contribution < -0.4 is 0 Å². The van der Waals surface area contributed by atoms with Gasteiger partial charge < -0.3 is 0 Å². The molecule has 156 valence electrons. The lowest BCUT2D eigenvalue weighted by atomic mass is 9.84. The lowest BCUT2D eigenvalue weighted by molar-refractivity contribution is 0.305. The summed E-state index contributed by atoms with van der Waals surface area (Å²) in [6.07, 6.45) is 26.2. The van der Waals surface area contributed by atoms with Gasteiger partial charge in [-0.3, -0.25) is 0 Å². The molecule has 0 aromatic rings. The van der Waals surface area contributed by atoms with Crippen LogP contribution in [0.4, 0.5) is 0 Å². The third-order valence-electron chi connectivity index (χ3n) is 6.33. The maximum atomic E-state index is 3.90. The van der Waals surface area contributed by atoms with Crippen LogP contribution in [0.5, 0.6) is 0 Å². The molecule has 0 aromatic carbocycles. The minimum Gasteiger partial charge on any atom is -0.103 e. The second-order valence-corrected chi connectivity index (χ2v) is 8.98. The lowest BCUT2D eigenvalue weighted by Crippen LogP contribution is -2.09. The van der Waals surface area contributed by atoms with Crippen molar-refractivity contribution in [3.63, 3.8) is 0 Å². The van der Waals surface area contributed by atoms with Gasteiger partial charge in [-0.1, -0.05) is 124 Å². The zero-order chi connectivity index (χ0) is 19.5. The summed E-state index contributed by atoms with van der Waals surface area (Å²) in [5.74, 6) is 2.86. The van der Waals surface area contributed by atoms with E-state index < -0.39 is 0 Å². The van der Waals surface area contributed by atoms with Gasteiger partial charge in [0, 0.05) is 0 Å². The summed E-state index contributed by atoms with van der Waals surface area (Å²) in [5.41, 5.74) is 0. The normalized spacial score (nSPS) is 14.9. The van der Waals surface area contributed by atoms with Crippen molar-refractivity contribution in [1.82, 2.24) is 0 Å². The van der Waals surface area contributed by atoms with Crippen LogP contribution in [-0.4, -0.2) is 0 Å². The van der Waals surface area contributed by atoms with Crippen LogP contribution in [0.3, 0.4) is 0 Å². The van der Waals surface area contributed by atoms with Gasteiger partial charge in [0.05, 0.1) is 0 Å². The fourth-order valence-electron chi connectivity index (χ4n) is 4.45. The molecule has 0 N–H and O–H groups in total. The molecule has 0 aliphatic rings. The fourth-order valence-corrected chi connectivity index (χ4v) is 4.45. The average molecular weight is 365 g/mol. The molecule has 0 heterocycles. The van der Waals surface area contributed by atoms with E-state index in [-0.39, 0.29) is 0 Å². The third-order valence-corrected chi connectivity index (χ3v) is 6.33. The van der Waals surface area contributed by atoms with Gasteiger partial charge in [0.1, 0.15) is 0 Å². The Hall–Kier alpha value is -0.260. The van der Waals surface area contributed by atoms with Crippen molar-refractivity contribution in [2.75, 3.05) is 0 Å². The Labute approximate surface area is 167 Å². The summed E-state index contributed by atoms with van der Waals surface area (Å²) < 4.78 is 0. The molecule has 0 aliphatic heterocycles. The van der Waals surface area contributed by atoms with E-state index in [1.165, 1.54) is 109 Å². The molecule has 0 aliphatic carbocycles. The summed E-state index contributed by atoms with van der Waals surface area (Å²) in [7, 11) is 0. The summed E-state index contributed by atoms with van der Waals surface area (Å²) in [5, 5.41) is 0. The highest BCUT2D eigenvalue weighted by Gasteiger charge is 2.14. The molecule has 0 saturated heterocycles. The van der Waals surface area contributed by atoms with Crippen LogP contribution in [0.25, 0.3) is 0 Å². The molecule has 0 fully saturated rings. The van der Waals surface area contributed by atoms with Crippen LogP contribution in [-0.2, 0) is 0 Å². The van der Waals surface area contributed by atoms with Gasteiger partial charge in [-0.05, 0) is 37.0 Å². The summed E-state index contributed by atoms with van der Waals surface area (Å²) in [6.45, 7) is 13.4. The molecule has 0 radical (unpaired) electrons. The second kappa shape index (κ2) is 19.5. The predicted octanol–water partition coefficient (Wildman–Crippen LogP) is 9.73. The van der Waals surface area contributed by atoms with Crippen molar-refractivity contribution >= 4 is 0 Å². The molecular weight excluding hydrogens is 312 g/mol. The van der Waals surface area contributed by atoms with Crippen molar-refractivity contribution in [2.45, 2.75) is 137 Å². The van der Waals surface area contributed by atoms with Crippen LogP contribution in [0.15, 0.2) is 12.7 Å². The highest BCUT2D eigenvalue weighted by atomic mass is 14.2. The van der Waals surface area contributed by atoms with Crippen LogP contribution >= 0.6 is 0 Å². The summed E-state index contributed by atoms with van der Waals surface area (Å²) in [4.78, 5) is 0. The minimum atomic E-state index is 0.929. The van der Waals surface area contributed by atoms with Crippen molar-refractivity contribution in [2.24, 2.45) is 17.8 Å². The standard InChI is InChI=1S/C26H52/c1-6-10-12-15-19-24(5)20-16-13-14-17-22-26(18-8-3)23-25(9-4)21-11-7-2/h7,24-26H,2,6,8-23H2,1,3-5H3. The fraction of sp³-hybridized carbons (Fsp3) is 0.923. The minimum absolute atomic E-state index is 0.929. The van der Waals surface area contributed by atoms with Gasteiger partial charge in [-0.15, -0.1) is 6.58 Å². The van der Waals surface area contributed by atoms with Gasteiger partial charge in [-0.2, -0.15) is 0 Å². The maximum absolute atomic E-state index is 3.90.